The third-order valence-electron chi connectivity index (χ3n) is 6.21. The molecule has 0 aliphatic carbocycles. The third kappa shape index (κ3) is 4.47. The first-order valence-electron chi connectivity index (χ1n) is 11.4. The van der Waals surface area contributed by atoms with Gasteiger partial charge in [0.1, 0.15) is 11.3 Å². The van der Waals surface area contributed by atoms with Crippen molar-refractivity contribution in [3.63, 3.8) is 0 Å². The van der Waals surface area contributed by atoms with Gasteiger partial charge in [0.25, 0.3) is 0 Å². The minimum atomic E-state index is -4.71. The fourth-order valence-corrected chi connectivity index (χ4v) is 4.69. The highest BCUT2D eigenvalue weighted by molar-refractivity contribution is 6.03. The number of nitriles is 1. The number of hydrogen-bond donors (Lipinski definition) is 1. The molecule has 1 aliphatic heterocycles. The Balaban J connectivity index is 1.59. The Morgan fingerprint density at radius 1 is 1.28 bits per heavy atom. The van der Waals surface area contributed by atoms with Gasteiger partial charge < -0.3 is 14.6 Å². The van der Waals surface area contributed by atoms with Gasteiger partial charge in [-0.05, 0) is 50.1 Å². The van der Waals surface area contributed by atoms with Crippen LogP contribution in [0.5, 0.6) is 0 Å². The van der Waals surface area contributed by atoms with Gasteiger partial charge in [-0.15, -0.1) is 0 Å². The molecule has 0 unspecified atom stereocenters. The molecule has 1 aromatic carbocycles. The molecule has 184 valence electrons. The molecule has 8 nitrogen and oxygen atoms in total. The van der Waals surface area contributed by atoms with Crippen molar-refractivity contribution in [2.45, 2.75) is 44.5 Å². The van der Waals surface area contributed by atoms with Gasteiger partial charge in [0.15, 0.2) is 5.69 Å². The number of nitrogens with zero attached hydrogens (tertiary/aromatic N) is 5. The van der Waals surface area contributed by atoms with Crippen molar-refractivity contribution in [1.29, 1.82) is 5.26 Å². The minimum absolute atomic E-state index is 0.0182. The number of amides is 1. The summed E-state index contributed by atoms with van der Waals surface area (Å²) in [7, 11) is 0. The lowest BCUT2D eigenvalue weighted by atomic mass is 10.0. The molecule has 1 aliphatic rings. The molecule has 11 heteroatoms. The number of halogens is 3. The predicted octanol–water partition coefficient (Wildman–Crippen LogP) is 4.79. The molecule has 4 heterocycles. The number of alkyl halides is 3. The van der Waals surface area contributed by atoms with Crippen molar-refractivity contribution in [2.75, 3.05) is 11.9 Å². The van der Waals surface area contributed by atoms with Crippen LogP contribution in [0, 0.1) is 11.3 Å². The lowest BCUT2D eigenvalue weighted by Gasteiger charge is -2.30. The Morgan fingerprint density at radius 2 is 2.11 bits per heavy atom. The number of hydrogen-bond acceptors (Lipinski definition) is 6. The number of rotatable bonds is 4. The van der Waals surface area contributed by atoms with Gasteiger partial charge in [0, 0.05) is 24.2 Å². The summed E-state index contributed by atoms with van der Waals surface area (Å²) >= 11 is 0. The largest absolute Gasteiger partial charge is 0.435 e. The van der Waals surface area contributed by atoms with Gasteiger partial charge in [-0.25, -0.2) is 9.97 Å². The highest BCUT2D eigenvalue weighted by atomic mass is 19.4. The van der Waals surface area contributed by atoms with Crippen LogP contribution >= 0.6 is 0 Å². The number of pyridine rings is 2. The van der Waals surface area contributed by atoms with Gasteiger partial charge in [-0.2, -0.15) is 18.4 Å². The quantitative estimate of drug-likeness (QED) is 0.437. The van der Waals surface area contributed by atoms with Gasteiger partial charge in [0.05, 0.1) is 47.1 Å². The van der Waals surface area contributed by atoms with Crippen LogP contribution in [-0.4, -0.2) is 38.1 Å². The van der Waals surface area contributed by atoms with Crippen LogP contribution in [0.25, 0.3) is 21.9 Å². The summed E-state index contributed by atoms with van der Waals surface area (Å²) in [5.41, 5.74) is 0.824. The number of carbonyl (C=O) groups excluding carboxylic acids is 1. The first kappa shape index (κ1) is 23.7. The zero-order valence-electron chi connectivity index (χ0n) is 19.2. The Bertz CT molecular complexity index is 1510. The molecule has 0 bridgehead atoms. The summed E-state index contributed by atoms with van der Waals surface area (Å²) in [6.07, 6.45) is -1.01. The molecule has 0 saturated carbocycles. The molecular weight excluding hydrogens is 473 g/mol. The van der Waals surface area contributed by atoms with Crippen molar-refractivity contribution in [3.8, 4) is 6.07 Å². The molecule has 0 radical (unpaired) electrons. The van der Waals surface area contributed by atoms with E-state index in [2.05, 4.69) is 26.3 Å². The van der Waals surface area contributed by atoms with E-state index in [1.165, 1.54) is 6.07 Å². The van der Waals surface area contributed by atoms with E-state index in [1.807, 2.05) is 11.5 Å². The van der Waals surface area contributed by atoms with Crippen LogP contribution < -0.4 is 5.32 Å². The average Bonchev–Trinajstić information content (AvgIpc) is 3.21. The number of ether oxygens (including phenoxy) is 1. The second-order valence-corrected chi connectivity index (χ2v) is 8.72. The number of nitrogens with one attached hydrogen (secondary N) is 1. The molecule has 36 heavy (non-hydrogen) atoms. The van der Waals surface area contributed by atoms with Gasteiger partial charge in [-0.3, -0.25) is 9.78 Å². The Labute approximate surface area is 203 Å². The van der Waals surface area contributed by atoms with Crippen molar-refractivity contribution >= 4 is 33.5 Å². The summed E-state index contributed by atoms with van der Waals surface area (Å²) < 4.78 is 47.7. The fraction of sp³-hybridized carbons (Fsp3) is 0.320. The molecule has 1 amide bonds. The normalized spacial score (nSPS) is 18.3. The first-order valence-corrected chi connectivity index (χ1v) is 11.4. The van der Waals surface area contributed by atoms with Crippen LogP contribution in [0.4, 0.5) is 18.9 Å². The van der Waals surface area contributed by atoms with E-state index in [1.54, 1.807) is 24.4 Å². The molecule has 1 N–H and O–H groups in total. The van der Waals surface area contributed by atoms with Crippen molar-refractivity contribution in [3.05, 3.63) is 59.8 Å². The number of anilines is 1. The third-order valence-corrected chi connectivity index (χ3v) is 6.21. The zero-order valence-corrected chi connectivity index (χ0v) is 19.2. The van der Waals surface area contributed by atoms with Crippen molar-refractivity contribution in [1.82, 2.24) is 19.5 Å². The minimum Gasteiger partial charge on any atom is -0.378 e. The van der Waals surface area contributed by atoms with Gasteiger partial charge in [-0.1, -0.05) is 0 Å². The van der Waals surface area contributed by atoms with E-state index >= 15 is 0 Å². The topological polar surface area (TPSA) is 106 Å². The molecule has 1 saturated heterocycles. The summed E-state index contributed by atoms with van der Waals surface area (Å²) in [5, 5.41) is 12.5. The molecule has 0 spiro atoms. The molecular formula is C25H21F3N6O2. The highest BCUT2D eigenvalue weighted by Gasteiger charge is 2.36. The van der Waals surface area contributed by atoms with Crippen molar-refractivity contribution < 1.29 is 22.7 Å². The lowest BCUT2D eigenvalue weighted by Crippen LogP contribution is -2.28. The Morgan fingerprint density at radius 3 is 2.86 bits per heavy atom. The summed E-state index contributed by atoms with van der Waals surface area (Å²) in [4.78, 5) is 25.4. The average molecular weight is 494 g/mol. The van der Waals surface area contributed by atoms with Crippen LogP contribution in [0.3, 0.4) is 0 Å². The molecule has 4 aromatic rings. The summed E-state index contributed by atoms with van der Waals surface area (Å²) in [6.45, 7) is 2.49. The van der Waals surface area contributed by atoms with E-state index in [0.29, 0.717) is 41.9 Å². The van der Waals surface area contributed by atoms with Crippen LogP contribution in [0.15, 0.2) is 42.7 Å². The second-order valence-electron chi connectivity index (χ2n) is 8.72. The van der Waals surface area contributed by atoms with Gasteiger partial charge >= 0.3 is 6.18 Å². The Kier molecular flexibility index (Phi) is 6.05. The molecule has 5 rings (SSSR count). The predicted molar refractivity (Wildman–Crippen MR) is 125 cm³/mol. The molecule has 2 atom stereocenters. The monoisotopic (exact) mass is 494 g/mol. The molecule has 3 aromatic heterocycles. The summed E-state index contributed by atoms with van der Waals surface area (Å²) in [5.74, 6) is -0.254. The van der Waals surface area contributed by atoms with E-state index in [-0.39, 0.29) is 18.6 Å². The maximum absolute atomic E-state index is 13.3. The smallest absolute Gasteiger partial charge is 0.378 e. The zero-order chi connectivity index (χ0) is 25.4. The van der Waals surface area contributed by atoms with E-state index < -0.39 is 23.5 Å². The van der Waals surface area contributed by atoms with Crippen molar-refractivity contribution in [2.24, 2.45) is 0 Å². The van der Waals surface area contributed by atoms with E-state index in [0.717, 1.165) is 23.2 Å². The number of imidazole rings is 1. The van der Waals surface area contributed by atoms with E-state index in [4.69, 9.17) is 4.74 Å². The second kappa shape index (κ2) is 9.20. The first-order chi connectivity index (χ1) is 17.2. The standard InChI is InChI=1S/C25H21F3N6O2/c1-14-9-16(6-8-36-14)34-21(11-22(35)33-19-3-2-7-30-24(19)25(26,27)28)32-20-13-31-18-5-4-15(12-29)10-17(18)23(20)34/h2-5,7,10,13-14,16H,6,8-9,11H2,1H3,(H,33,35)/t14-,16-/m1/s1. The number of carbonyl (C=O) groups is 1. The number of benzene rings is 1. The molecule has 1 fully saturated rings. The maximum Gasteiger partial charge on any atom is 0.435 e. The number of fused-ring (bicyclic) bond motifs is 3. The SMILES string of the molecule is C[C@@H]1C[C@H](n2c(CC(=O)Nc3cccnc3C(F)(F)F)nc3cnc4ccc(C#N)cc4c32)CCO1. The van der Waals surface area contributed by atoms with Crippen LogP contribution in [-0.2, 0) is 22.1 Å². The summed E-state index contributed by atoms with van der Waals surface area (Å²) in [6, 6.07) is 9.74. The highest BCUT2D eigenvalue weighted by Crippen LogP contribution is 2.35. The lowest BCUT2D eigenvalue weighted by molar-refractivity contribution is -0.140. The van der Waals surface area contributed by atoms with Crippen LogP contribution in [0.1, 0.15) is 42.9 Å². The Hall–Kier alpha value is -4.04. The van der Waals surface area contributed by atoms with E-state index in [9.17, 15) is 23.2 Å². The number of aromatic nitrogens is 4. The fourth-order valence-electron chi connectivity index (χ4n) is 4.69. The van der Waals surface area contributed by atoms with Crippen LogP contribution in [0.2, 0.25) is 0 Å². The van der Waals surface area contributed by atoms with Gasteiger partial charge in [0.2, 0.25) is 5.91 Å². The maximum atomic E-state index is 13.3.